The molecule has 2 amide bonds. The second-order valence-corrected chi connectivity index (χ2v) is 14.7. The van der Waals surface area contributed by atoms with E-state index in [1.807, 2.05) is 55.8 Å². The molecule has 296 valence electrons. The van der Waals surface area contributed by atoms with Crippen LogP contribution in [-0.2, 0) is 24.2 Å². The molecule has 3 aromatic carbocycles. The summed E-state index contributed by atoms with van der Waals surface area (Å²) in [5, 5.41) is 0. The maximum absolute atomic E-state index is 14.4. The maximum atomic E-state index is 14.4. The fourth-order valence-electron chi connectivity index (χ4n) is 7.53. The van der Waals surface area contributed by atoms with E-state index in [0.29, 0.717) is 70.1 Å². The van der Waals surface area contributed by atoms with Crippen molar-refractivity contribution in [3.63, 3.8) is 0 Å². The molecule has 0 atom stereocenters. The smallest absolute Gasteiger partial charge is 0.329 e. The number of aromatic nitrogens is 4. The van der Waals surface area contributed by atoms with Crippen LogP contribution in [0.15, 0.2) is 85.2 Å². The predicted octanol–water partition coefficient (Wildman–Crippen LogP) is 5.36. The number of urea groups is 1. The second-order valence-electron chi connectivity index (χ2n) is 14.7. The van der Waals surface area contributed by atoms with E-state index in [4.69, 9.17) is 34.1 Å². The van der Waals surface area contributed by atoms with E-state index in [9.17, 15) is 4.79 Å². The largest absolute Gasteiger partial charge is 0.497 e. The number of carbonyl (C=O) groups excluding carboxylic acids is 1. The lowest BCUT2D eigenvalue weighted by Crippen LogP contribution is -2.44. The molecule has 2 fully saturated rings. The predicted molar refractivity (Wildman–Crippen MR) is 223 cm³/mol. The van der Waals surface area contributed by atoms with E-state index in [1.54, 1.807) is 24.0 Å². The molecule has 0 radical (unpaired) electrons. The van der Waals surface area contributed by atoms with Gasteiger partial charge in [0.1, 0.15) is 17.3 Å². The monoisotopic (exact) mass is 770 g/mol. The number of benzene rings is 3. The lowest BCUT2D eigenvalue weighted by Gasteiger charge is -2.34. The molecule has 0 aliphatic carbocycles. The van der Waals surface area contributed by atoms with Crippen molar-refractivity contribution >= 4 is 35.1 Å². The summed E-state index contributed by atoms with van der Waals surface area (Å²) in [5.41, 5.74) is 6.57. The highest BCUT2D eigenvalue weighted by molar-refractivity contribution is 6.04. The number of fused-ring (bicyclic) bond motifs is 1. The molecule has 3 aliphatic heterocycles. The van der Waals surface area contributed by atoms with Crippen molar-refractivity contribution in [1.82, 2.24) is 24.8 Å². The van der Waals surface area contributed by atoms with Gasteiger partial charge >= 0.3 is 6.03 Å². The number of methoxy groups -OCH3 is 2. The minimum Gasteiger partial charge on any atom is -0.497 e. The quantitative estimate of drug-likeness (QED) is 0.172. The van der Waals surface area contributed by atoms with Crippen LogP contribution in [0.2, 0.25) is 0 Å². The molecule has 8 rings (SSSR count). The minimum atomic E-state index is -0.138. The van der Waals surface area contributed by atoms with Crippen LogP contribution >= 0.6 is 0 Å². The summed E-state index contributed by atoms with van der Waals surface area (Å²) >= 11 is 0. The van der Waals surface area contributed by atoms with E-state index in [1.165, 1.54) is 0 Å². The highest BCUT2D eigenvalue weighted by Crippen LogP contribution is 2.37. The summed E-state index contributed by atoms with van der Waals surface area (Å²) in [7, 11) is 7.32. The van der Waals surface area contributed by atoms with Crippen LogP contribution in [0.25, 0.3) is 11.3 Å². The number of hydrogen-bond acceptors (Lipinski definition) is 12. The molecular formula is C43H50N10O4. The summed E-state index contributed by atoms with van der Waals surface area (Å²) in [4.78, 5) is 46.9. The first-order chi connectivity index (χ1) is 27.9. The van der Waals surface area contributed by atoms with Crippen LogP contribution in [0.3, 0.4) is 0 Å². The third kappa shape index (κ3) is 8.42. The summed E-state index contributed by atoms with van der Waals surface area (Å²) < 4.78 is 16.4. The Morgan fingerprint density at radius 2 is 1.40 bits per heavy atom. The first-order valence-corrected chi connectivity index (χ1v) is 19.5. The van der Waals surface area contributed by atoms with Gasteiger partial charge in [-0.25, -0.2) is 19.7 Å². The topological polar surface area (TPSA) is 116 Å². The highest BCUT2D eigenvalue weighted by Gasteiger charge is 2.34. The van der Waals surface area contributed by atoms with Gasteiger partial charge in [0.2, 0.25) is 11.9 Å². The Balaban J connectivity index is 1.09. The van der Waals surface area contributed by atoms with Gasteiger partial charge in [0.05, 0.1) is 33.1 Å². The zero-order chi connectivity index (χ0) is 39.3. The normalized spacial score (nSPS) is 15.7. The number of rotatable bonds is 11. The number of hydrogen-bond donors (Lipinski definition) is 0. The zero-order valence-corrected chi connectivity index (χ0v) is 33.2. The summed E-state index contributed by atoms with van der Waals surface area (Å²) in [6.07, 6.45) is 4.28. The molecule has 2 aromatic heterocycles. The van der Waals surface area contributed by atoms with E-state index in [0.717, 1.165) is 77.0 Å². The number of ether oxygens (including phenoxy) is 3. The van der Waals surface area contributed by atoms with E-state index >= 15 is 0 Å². The van der Waals surface area contributed by atoms with Gasteiger partial charge in [-0.2, -0.15) is 4.98 Å². The van der Waals surface area contributed by atoms with Gasteiger partial charge in [0.25, 0.3) is 0 Å². The SMILES string of the molecule is COc1ccc(CN(Cc2ccc(OC)cc2)c2ncc(-c3nc(N4CCOCC4)nc4c3CCN4C(=O)N(C)c3cccc(N4CCN(C)CC4)c3)cn2)cc1. The molecule has 0 saturated carbocycles. The molecule has 14 heteroatoms. The number of piperazine rings is 1. The van der Waals surface area contributed by atoms with Gasteiger partial charge in [-0.1, -0.05) is 30.3 Å². The van der Waals surface area contributed by atoms with Gasteiger partial charge < -0.3 is 33.8 Å². The van der Waals surface area contributed by atoms with E-state index < -0.39 is 0 Å². The standard InChI is InChI=1S/C43H50N10O4/c1-48-18-20-50(21-19-48)35-7-5-6-34(26-35)49(2)43(54)53-17-16-38-39(46-42(47-40(38)53)51-22-24-57-25-23-51)33-27-44-41(45-28-33)52(29-31-8-12-36(55-3)13-9-31)30-32-10-14-37(56-4)15-11-32/h5-15,26-28H,16-25,29-30H2,1-4H3. The van der Waals surface area contributed by atoms with Crippen molar-refractivity contribution in [2.45, 2.75) is 19.5 Å². The van der Waals surface area contributed by atoms with Crippen LogP contribution in [0, 0.1) is 0 Å². The number of likely N-dealkylation sites (N-methyl/N-ethyl adjacent to an activating group) is 1. The molecule has 0 bridgehead atoms. The molecule has 0 unspecified atom stereocenters. The Morgan fingerprint density at radius 3 is 2.02 bits per heavy atom. The van der Waals surface area contributed by atoms with Gasteiger partial charge in [0, 0.05) is 101 Å². The van der Waals surface area contributed by atoms with Crippen LogP contribution in [0.5, 0.6) is 11.5 Å². The molecule has 5 aromatic rings. The Morgan fingerprint density at radius 1 is 0.772 bits per heavy atom. The number of morpholine rings is 1. The van der Waals surface area contributed by atoms with E-state index in [-0.39, 0.29) is 6.03 Å². The van der Waals surface area contributed by atoms with Crippen LogP contribution in [0.4, 0.5) is 33.9 Å². The fourth-order valence-corrected chi connectivity index (χ4v) is 7.53. The van der Waals surface area contributed by atoms with Gasteiger partial charge in [-0.3, -0.25) is 9.80 Å². The molecule has 57 heavy (non-hydrogen) atoms. The number of nitrogens with zero attached hydrogens (tertiary/aromatic N) is 10. The van der Waals surface area contributed by atoms with Crippen molar-refractivity contribution in [1.29, 1.82) is 0 Å². The van der Waals surface area contributed by atoms with Crippen molar-refractivity contribution in [2.75, 3.05) is 112 Å². The molecular weight excluding hydrogens is 721 g/mol. The number of carbonyl (C=O) groups is 1. The third-order valence-corrected chi connectivity index (χ3v) is 11.0. The maximum Gasteiger partial charge on any atom is 0.329 e. The molecule has 2 saturated heterocycles. The average Bonchev–Trinajstić information content (AvgIpc) is 3.71. The summed E-state index contributed by atoms with van der Waals surface area (Å²) in [6.45, 7) is 8.07. The summed E-state index contributed by atoms with van der Waals surface area (Å²) in [5.74, 6) is 3.38. The van der Waals surface area contributed by atoms with Gasteiger partial charge in [0.15, 0.2) is 0 Å². The Labute approximate surface area is 334 Å². The van der Waals surface area contributed by atoms with Crippen LogP contribution in [-0.4, -0.2) is 118 Å². The average molecular weight is 771 g/mol. The molecule has 14 nitrogen and oxygen atoms in total. The Bertz CT molecular complexity index is 2090. The second kappa shape index (κ2) is 17.0. The Kier molecular flexibility index (Phi) is 11.3. The zero-order valence-electron chi connectivity index (χ0n) is 33.2. The van der Waals surface area contributed by atoms with Crippen molar-refractivity contribution in [3.05, 3.63) is 102 Å². The minimum absolute atomic E-state index is 0.138. The van der Waals surface area contributed by atoms with Gasteiger partial charge in [-0.05, 0) is 67.1 Å². The highest BCUT2D eigenvalue weighted by atomic mass is 16.5. The van der Waals surface area contributed by atoms with Crippen LogP contribution in [0.1, 0.15) is 16.7 Å². The van der Waals surface area contributed by atoms with Crippen molar-refractivity contribution in [3.8, 4) is 22.8 Å². The van der Waals surface area contributed by atoms with Crippen molar-refractivity contribution < 1.29 is 19.0 Å². The van der Waals surface area contributed by atoms with Crippen LogP contribution < -0.4 is 34.0 Å². The van der Waals surface area contributed by atoms with Crippen molar-refractivity contribution in [2.24, 2.45) is 0 Å². The lowest BCUT2D eigenvalue weighted by molar-refractivity contribution is 0.122. The number of amides is 2. The molecule has 0 N–H and O–H groups in total. The first kappa shape index (κ1) is 37.9. The Hall–Kier alpha value is -5.99. The number of anilines is 5. The van der Waals surface area contributed by atoms with E-state index in [2.05, 4.69) is 63.0 Å². The third-order valence-electron chi connectivity index (χ3n) is 11.0. The molecule has 0 spiro atoms. The fraction of sp³-hybridized carbons (Fsp3) is 0.372. The molecule has 3 aliphatic rings. The molecule has 5 heterocycles. The first-order valence-electron chi connectivity index (χ1n) is 19.5. The lowest BCUT2D eigenvalue weighted by atomic mass is 10.1. The van der Waals surface area contributed by atoms with Gasteiger partial charge in [-0.15, -0.1) is 0 Å². The summed E-state index contributed by atoms with van der Waals surface area (Å²) in [6, 6.07) is 24.2.